The van der Waals surface area contributed by atoms with Crippen molar-refractivity contribution in [3.63, 3.8) is 0 Å². The van der Waals surface area contributed by atoms with Gasteiger partial charge in [0.05, 0.1) is 7.11 Å². The minimum absolute atomic E-state index is 0.314. The van der Waals surface area contributed by atoms with Crippen LogP contribution in [0.5, 0.6) is 5.75 Å². The molecule has 6 heteroatoms. The Kier molecular flexibility index (Phi) is 5.66. The lowest BCUT2D eigenvalue weighted by Crippen LogP contribution is -2.40. The maximum Gasteiger partial charge on any atom is 0.323 e. The first kappa shape index (κ1) is 14.8. The molecule has 0 atom stereocenters. The molecule has 0 spiro atoms. The summed E-state index contributed by atoms with van der Waals surface area (Å²) in [6.07, 6.45) is 0.657. The molecule has 0 aliphatic heterocycles. The van der Waals surface area contributed by atoms with E-state index in [4.69, 9.17) is 9.84 Å². The lowest BCUT2D eigenvalue weighted by Gasteiger charge is -2.15. The second-order valence-electron chi connectivity index (χ2n) is 4.08. The van der Waals surface area contributed by atoms with E-state index in [0.717, 1.165) is 16.2 Å². The molecule has 0 aromatic heterocycles. The van der Waals surface area contributed by atoms with Gasteiger partial charge in [-0.15, -0.1) is 0 Å². The van der Waals surface area contributed by atoms with Crippen LogP contribution >= 0.6 is 0 Å². The van der Waals surface area contributed by atoms with E-state index in [0.29, 0.717) is 13.0 Å². The summed E-state index contributed by atoms with van der Waals surface area (Å²) in [7, 11) is 3.04. The summed E-state index contributed by atoms with van der Waals surface area (Å²) in [6.45, 7) is 0.126. The zero-order valence-electron chi connectivity index (χ0n) is 11.0. The van der Waals surface area contributed by atoms with Gasteiger partial charge in [0.25, 0.3) is 0 Å². The van der Waals surface area contributed by atoms with Crippen LogP contribution in [0, 0.1) is 0 Å². The van der Waals surface area contributed by atoms with E-state index >= 15 is 0 Å². The molecule has 0 unspecified atom stereocenters. The standard InChI is InChI=1S/C13H18N2O4/c1-15(9-12(16)17)13(18)14-7-6-10-4-3-5-11(8-10)19-2/h3-5,8H,6-7,9H2,1-2H3,(H,14,18)(H,16,17). The number of ether oxygens (including phenoxy) is 1. The number of likely N-dealkylation sites (N-methyl/N-ethyl adjacent to an activating group) is 1. The second kappa shape index (κ2) is 7.25. The molecule has 2 amide bonds. The maximum atomic E-state index is 11.5. The summed E-state index contributed by atoms with van der Waals surface area (Å²) in [5.74, 6) is -0.266. The Morgan fingerprint density at radius 2 is 2.16 bits per heavy atom. The number of carbonyl (C=O) groups excluding carboxylic acids is 1. The first-order chi connectivity index (χ1) is 9.02. The smallest absolute Gasteiger partial charge is 0.323 e. The van der Waals surface area contributed by atoms with Crippen molar-refractivity contribution in [3.05, 3.63) is 29.8 Å². The van der Waals surface area contributed by atoms with E-state index in [1.807, 2.05) is 24.3 Å². The highest BCUT2D eigenvalue weighted by Crippen LogP contribution is 2.12. The molecule has 0 heterocycles. The van der Waals surface area contributed by atoms with Crippen LogP contribution in [-0.2, 0) is 11.2 Å². The maximum absolute atomic E-state index is 11.5. The van der Waals surface area contributed by atoms with Crippen molar-refractivity contribution in [2.45, 2.75) is 6.42 Å². The fourth-order valence-corrected chi connectivity index (χ4v) is 1.55. The van der Waals surface area contributed by atoms with Crippen molar-refractivity contribution in [2.75, 3.05) is 27.2 Å². The van der Waals surface area contributed by atoms with Gasteiger partial charge >= 0.3 is 12.0 Å². The Morgan fingerprint density at radius 1 is 1.42 bits per heavy atom. The molecular formula is C13H18N2O4. The van der Waals surface area contributed by atoms with Gasteiger partial charge in [-0.2, -0.15) is 0 Å². The average Bonchev–Trinajstić information content (AvgIpc) is 2.38. The average molecular weight is 266 g/mol. The zero-order valence-corrected chi connectivity index (χ0v) is 11.0. The van der Waals surface area contributed by atoms with Gasteiger partial charge in [0.1, 0.15) is 12.3 Å². The Hall–Kier alpha value is -2.24. The lowest BCUT2D eigenvalue weighted by atomic mass is 10.1. The zero-order chi connectivity index (χ0) is 14.3. The normalized spacial score (nSPS) is 9.79. The number of nitrogens with one attached hydrogen (secondary N) is 1. The molecule has 0 fully saturated rings. The number of amides is 2. The number of carboxylic acids is 1. The van der Waals surface area contributed by atoms with Gasteiger partial charge in [0.15, 0.2) is 0 Å². The van der Waals surface area contributed by atoms with Gasteiger partial charge in [0, 0.05) is 13.6 Å². The van der Waals surface area contributed by atoms with Crippen molar-refractivity contribution in [1.29, 1.82) is 0 Å². The summed E-state index contributed by atoms with van der Waals surface area (Å²) in [6, 6.07) is 7.17. The molecule has 6 nitrogen and oxygen atoms in total. The third-order valence-corrected chi connectivity index (χ3v) is 2.54. The van der Waals surface area contributed by atoms with E-state index in [1.54, 1.807) is 7.11 Å². The van der Waals surface area contributed by atoms with Crippen molar-refractivity contribution >= 4 is 12.0 Å². The van der Waals surface area contributed by atoms with Crippen LogP contribution in [0.4, 0.5) is 4.79 Å². The molecule has 19 heavy (non-hydrogen) atoms. The van der Waals surface area contributed by atoms with Crippen LogP contribution in [-0.4, -0.2) is 49.3 Å². The monoisotopic (exact) mass is 266 g/mol. The number of rotatable bonds is 6. The lowest BCUT2D eigenvalue weighted by molar-refractivity contribution is -0.137. The minimum atomic E-state index is -1.04. The number of carbonyl (C=O) groups is 2. The quantitative estimate of drug-likeness (QED) is 0.804. The highest BCUT2D eigenvalue weighted by Gasteiger charge is 2.10. The van der Waals surface area contributed by atoms with Gasteiger partial charge < -0.3 is 20.1 Å². The summed E-state index contributed by atoms with van der Waals surface area (Å²) in [5.41, 5.74) is 1.04. The topological polar surface area (TPSA) is 78.9 Å². The minimum Gasteiger partial charge on any atom is -0.497 e. The number of hydrogen-bond donors (Lipinski definition) is 2. The van der Waals surface area contributed by atoms with E-state index in [9.17, 15) is 9.59 Å². The molecular weight excluding hydrogens is 248 g/mol. The SMILES string of the molecule is COc1cccc(CCNC(=O)N(C)CC(=O)O)c1. The number of nitrogens with zero attached hydrogens (tertiary/aromatic N) is 1. The molecule has 1 aromatic carbocycles. The molecule has 0 radical (unpaired) electrons. The van der Waals surface area contributed by atoms with E-state index in [-0.39, 0.29) is 6.54 Å². The van der Waals surface area contributed by atoms with Crippen molar-refractivity contribution in [1.82, 2.24) is 10.2 Å². The number of urea groups is 1. The number of benzene rings is 1. The summed E-state index contributed by atoms with van der Waals surface area (Å²) < 4.78 is 5.10. The van der Waals surface area contributed by atoms with Crippen LogP contribution in [0.1, 0.15) is 5.56 Å². The fraction of sp³-hybridized carbons (Fsp3) is 0.385. The first-order valence-electron chi connectivity index (χ1n) is 5.86. The largest absolute Gasteiger partial charge is 0.497 e. The molecule has 0 aliphatic rings. The molecule has 2 N–H and O–H groups in total. The Labute approximate surface area is 112 Å². The second-order valence-corrected chi connectivity index (χ2v) is 4.08. The fourth-order valence-electron chi connectivity index (χ4n) is 1.55. The van der Waals surface area contributed by atoms with Gasteiger partial charge in [-0.05, 0) is 24.1 Å². The first-order valence-corrected chi connectivity index (χ1v) is 5.86. The molecule has 1 aromatic rings. The van der Waals surface area contributed by atoms with E-state index in [2.05, 4.69) is 5.32 Å². The Morgan fingerprint density at radius 3 is 2.79 bits per heavy atom. The van der Waals surface area contributed by atoms with Crippen LogP contribution in [0.3, 0.4) is 0 Å². The van der Waals surface area contributed by atoms with Crippen molar-refractivity contribution < 1.29 is 19.4 Å². The third-order valence-electron chi connectivity index (χ3n) is 2.54. The Balaban J connectivity index is 2.37. The van der Waals surface area contributed by atoms with Gasteiger partial charge in [-0.25, -0.2) is 4.79 Å². The predicted octanol–water partition coefficient (Wildman–Crippen LogP) is 0.964. The van der Waals surface area contributed by atoms with Gasteiger partial charge in [0.2, 0.25) is 0 Å². The molecule has 0 saturated heterocycles. The van der Waals surface area contributed by atoms with Crippen LogP contribution in [0.25, 0.3) is 0 Å². The number of carboxylic acid groups (broad SMARTS) is 1. The van der Waals surface area contributed by atoms with Crippen molar-refractivity contribution in [3.8, 4) is 5.75 Å². The summed E-state index contributed by atoms with van der Waals surface area (Å²) in [4.78, 5) is 23.1. The van der Waals surface area contributed by atoms with Crippen LogP contribution in [0.15, 0.2) is 24.3 Å². The number of methoxy groups -OCH3 is 1. The number of aliphatic carboxylic acids is 1. The highest BCUT2D eigenvalue weighted by molar-refractivity contribution is 5.79. The van der Waals surface area contributed by atoms with E-state index < -0.39 is 12.0 Å². The summed E-state index contributed by atoms with van der Waals surface area (Å²) >= 11 is 0. The molecule has 1 rings (SSSR count). The number of hydrogen-bond acceptors (Lipinski definition) is 3. The molecule has 104 valence electrons. The van der Waals surface area contributed by atoms with E-state index in [1.165, 1.54) is 7.05 Å². The molecule has 0 saturated carbocycles. The Bertz CT molecular complexity index is 448. The predicted molar refractivity (Wildman–Crippen MR) is 70.4 cm³/mol. The van der Waals surface area contributed by atoms with Gasteiger partial charge in [-0.3, -0.25) is 4.79 Å². The highest BCUT2D eigenvalue weighted by atomic mass is 16.5. The molecule has 0 aliphatic carbocycles. The van der Waals surface area contributed by atoms with Crippen LogP contribution < -0.4 is 10.1 Å². The summed E-state index contributed by atoms with van der Waals surface area (Å²) in [5, 5.41) is 11.2. The van der Waals surface area contributed by atoms with Crippen LogP contribution in [0.2, 0.25) is 0 Å². The molecule has 0 bridgehead atoms. The van der Waals surface area contributed by atoms with Crippen molar-refractivity contribution in [2.24, 2.45) is 0 Å². The van der Waals surface area contributed by atoms with Gasteiger partial charge in [-0.1, -0.05) is 12.1 Å². The third kappa shape index (κ3) is 5.29.